The van der Waals surface area contributed by atoms with Crippen LogP contribution in [-0.4, -0.2) is 62.1 Å². The van der Waals surface area contributed by atoms with Gasteiger partial charge in [-0.3, -0.25) is 4.79 Å². The van der Waals surface area contributed by atoms with Gasteiger partial charge < -0.3 is 10.2 Å². The molecular weight excluding hydrogens is 345 g/mol. The molecule has 0 unspecified atom stereocenters. The Kier molecular flexibility index (Phi) is 5.46. The fourth-order valence-corrected chi connectivity index (χ4v) is 4.21. The molecule has 2 rings (SSSR count). The standard InChI is InChI=1S/C12H19F3N2O3S.ClH/c1-11(2)7-17(3-4-21(11,19)20)10(18)8-5-16-6-9(8)12(13,14)15;/h8-9,16H,3-7H2,1-2H3;1H/t8-,9-;/m1./s1. The van der Waals surface area contributed by atoms with Crippen LogP contribution in [0.15, 0.2) is 0 Å². The maximum atomic E-state index is 12.9. The van der Waals surface area contributed by atoms with Crippen molar-refractivity contribution in [2.45, 2.75) is 24.8 Å². The van der Waals surface area contributed by atoms with Gasteiger partial charge in [-0.05, 0) is 13.8 Å². The largest absolute Gasteiger partial charge is 0.393 e. The summed E-state index contributed by atoms with van der Waals surface area (Å²) in [6.45, 7) is 2.61. The fourth-order valence-electron chi connectivity index (χ4n) is 2.85. The average Bonchev–Trinajstić information content (AvgIpc) is 2.80. The summed E-state index contributed by atoms with van der Waals surface area (Å²) in [5.41, 5.74) is 0. The lowest BCUT2D eigenvalue weighted by Crippen LogP contribution is -2.56. The molecule has 0 aromatic rings. The summed E-state index contributed by atoms with van der Waals surface area (Å²) in [5, 5.41) is 2.60. The number of hydrogen-bond donors (Lipinski definition) is 1. The van der Waals surface area contributed by atoms with Crippen LogP contribution < -0.4 is 5.32 Å². The number of nitrogens with zero attached hydrogens (tertiary/aromatic N) is 1. The van der Waals surface area contributed by atoms with Crippen molar-refractivity contribution >= 4 is 28.2 Å². The summed E-state index contributed by atoms with van der Waals surface area (Å²) in [7, 11) is -3.32. The second-order valence-electron chi connectivity index (χ2n) is 6.25. The molecule has 0 spiro atoms. The minimum Gasteiger partial charge on any atom is -0.340 e. The van der Waals surface area contributed by atoms with Crippen LogP contribution in [0, 0.1) is 11.8 Å². The Morgan fingerprint density at radius 1 is 1.27 bits per heavy atom. The minimum atomic E-state index is -4.43. The average molecular weight is 365 g/mol. The summed E-state index contributed by atoms with van der Waals surface area (Å²) in [6, 6.07) is 0. The molecule has 0 radical (unpaired) electrons. The van der Waals surface area contributed by atoms with Gasteiger partial charge in [0.15, 0.2) is 9.84 Å². The predicted molar refractivity (Wildman–Crippen MR) is 77.6 cm³/mol. The fraction of sp³-hybridized carbons (Fsp3) is 0.917. The molecule has 1 amide bonds. The molecule has 2 saturated heterocycles. The third-order valence-corrected chi connectivity index (χ3v) is 6.84. The van der Waals surface area contributed by atoms with Crippen LogP contribution in [0.3, 0.4) is 0 Å². The summed E-state index contributed by atoms with van der Waals surface area (Å²) in [6.07, 6.45) is -4.43. The monoisotopic (exact) mass is 364 g/mol. The van der Waals surface area contributed by atoms with Crippen molar-refractivity contribution < 1.29 is 26.4 Å². The highest BCUT2D eigenvalue weighted by Crippen LogP contribution is 2.36. The molecule has 10 heteroatoms. The smallest absolute Gasteiger partial charge is 0.340 e. The first-order valence-corrected chi connectivity index (χ1v) is 8.39. The molecule has 2 heterocycles. The second kappa shape index (κ2) is 6.16. The first-order chi connectivity index (χ1) is 9.46. The zero-order valence-electron chi connectivity index (χ0n) is 12.3. The first kappa shape index (κ1) is 19.5. The number of alkyl halides is 3. The molecule has 0 aromatic carbocycles. The Morgan fingerprint density at radius 3 is 2.36 bits per heavy atom. The second-order valence-corrected chi connectivity index (χ2v) is 8.99. The first-order valence-electron chi connectivity index (χ1n) is 6.74. The summed E-state index contributed by atoms with van der Waals surface area (Å²) in [4.78, 5) is 13.6. The van der Waals surface area contributed by atoms with Gasteiger partial charge in [-0.2, -0.15) is 13.2 Å². The molecule has 22 heavy (non-hydrogen) atoms. The van der Waals surface area contributed by atoms with Crippen molar-refractivity contribution in [3.8, 4) is 0 Å². The van der Waals surface area contributed by atoms with Crippen LogP contribution in [-0.2, 0) is 14.6 Å². The van der Waals surface area contributed by atoms with Crippen molar-refractivity contribution in [3.63, 3.8) is 0 Å². The van der Waals surface area contributed by atoms with Crippen LogP contribution in [0.4, 0.5) is 13.2 Å². The van der Waals surface area contributed by atoms with E-state index in [4.69, 9.17) is 0 Å². The van der Waals surface area contributed by atoms with E-state index in [9.17, 15) is 26.4 Å². The van der Waals surface area contributed by atoms with E-state index in [0.717, 1.165) is 0 Å². The number of halogens is 4. The lowest BCUT2D eigenvalue weighted by atomic mass is 9.93. The van der Waals surface area contributed by atoms with Crippen LogP contribution in [0.25, 0.3) is 0 Å². The Balaban J connectivity index is 0.00000242. The molecule has 130 valence electrons. The highest BCUT2D eigenvalue weighted by molar-refractivity contribution is 7.92. The molecule has 0 aromatic heterocycles. The number of nitrogens with one attached hydrogen (secondary N) is 1. The molecule has 0 aliphatic carbocycles. The van der Waals surface area contributed by atoms with E-state index in [0.29, 0.717) is 0 Å². The summed E-state index contributed by atoms with van der Waals surface area (Å²) in [5.74, 6) is -3.68. The van der Waals surface area contributed by atoms with Gasteiger partial charge in [-0.25, -0.2) is 8.42 Å². The van der Waals surface area contributed by atoms with E-state index in [2.05, 4.69) is 5.32 Å². The third kappa shape index (κ3) is 3.51. The maximum absolute atomic E-state index is 12.9. The van der Waals surface area contributed by atoms with Gasteiger partial charge in [0.2, 0.25) is 5.91 Å². The molecule has 5 nitrogen and oxygen atoms in total. The van der Waals surface area contributed by atoms with Crippen molar-refractivity contribution in [1.82, 2.24) is 10.2 Å². The van der Waals surface area contributed by atoms with E-state index < -0.39 is 38.5 Å². The molecule has 1 N–H and O–H groups in total. The van der Waals surface area contributed by atoms with Crippen LogP contribution >= 0.6 is 12.4 Å². The minimum absolute atomic E-state index is 0. The molecule has 2 atom stereocenters. The van der Waals surface area contributed by atoms with Crippen molar-refractivity contribution in [2.75, 3.05) is 31.9 Å². The van der Waals surface area contributed by atoms with E-state index >= 15 is 0 Å². The van der Waals surface area contributed by atoms with Gasteiger partial charge in [0.1, 0.15) is 0 Å². The van der Waals surface area contributed by atoms with Gasteiger partial charge in [0.05, 0.1) is 22.3 Å². The molecule has 2 fully saturated rings. The zero-order chi connectivity index (χ0) is 16.1. The Labute approximate surface area is 133 Å². The van der Waals surface area contributed by atoms with E-state index in [1.165, 1.54) is 18.7 Å². The van der Waals surface area contributed by atoms with Crippen LogP contribution in [0.2, 0.25) is 0 Å². The molecular formula is C12H20ClF3N2O3S. The normalized spacial score (nSPS) is 30.7. The van der Waals surface area contributed by atoms with Gasteiger partial charge >= 0.3 is 6.18 Å². The number of amides is 1. The number of carbonyl (C=O) groups is 1. The van der Waals surface area contributed by atoms with Crippen LogP contribution in [0.5, 0.6) is 0 Å². The van der Waals surface area contributed by atoms with Gasteiger partial charge in [-0.15, -0.1) is 12.4 Å². The summed E-state index contributed by atoms with van der Waals surface area (Å²) < 4.78 is 61.4. The SMILES string of the molecule is CC1(C)CN(C(=O)[C@@H]2CNC[C@H]2C(F)(F)F)CCS1(=O)=O.Cl. The van der Waals surface area contributed by atoms with Crippen LogP contribution in [0.1, 0.15) is 13.8 Å². The highest BCUT2D eigenvalue weighted by Gasteiger charge is 2.52. The van der Waals surface area contributed by atoms with Crippen molar-refractivity contribution in [2.24, 2.45) is 11.8 Å². The van der Waals surface area contributed by atoms with Crippen molar-refractivity contribution in [1.29, 1.82) is 0 Å². The topological polar surface area (TPSA) is 66.5 Å². The quantitative estimate of drug-likeness (QED) is 0.749. The maximum Gasteiger partial charge on any atom is 0.393 e. The lowest BCUT2D eigenvalue weighted by Gasteiger charge is -2.39. The Bertz CT molecular complexity index is 536. The number of carbonyl (C=O) groups excluding carboxylic acids is 1. The lowest BCUT2D eigenvalue weighted by molar-refractivity contribution is -0.185. The number of rotatable bonds is 1. The Hall–Kier alpha value is -0.540. The number of hydrogen-bond acceptors (Lipinski definition) is 4. The number of sulfone groups is 1. The van der Waals surface area contributed by atoms with Crippen molar-refractivity contribution in [3.05, 3.63) is 0 Å². The van der Waals surface area contributed by atoms with Gasteiger partial charge in [-0.1, -0.05) is 0 Å². The molecule has 2 aliphatic rings. The third-order valence-electron chi connectivity index (χ3n) is 4.31. The summed E-state index contributed by atoms with van der Waals surface area (Å²) >= 11 is 0. The van der Waals surface area contributed by atoms with E-state index in [-0.39, 0.29) is 44.3 Å². The molecule has 2 aliphatic heterocycles. The predicted octanol–water partition coefficient (Wildman–Crippen LogP) is 0.842. The van der Waals surface area contributed by atoms with E-state index in [1.54, 1.807) is 0 Å². The van der Waals surface area contributed by atoms with Gasteiger partial charge in [0, 0.05) is 26.2 Å². The molecule has 0 saturated carbocycles. The highest BCUT2D eigenvalue weighted by atomic mass is 35.5. The molecule has 0 bridgehead atoms. The van der Waals surface area contributed by atoms with E-state index in [1.807, 2.05) is 0 Å². The zero-order valence-corrected chi connectivity index (χ0v) is 13.9. The Morgan fingerprint density at radius 2 is 1.86 bits per heavy atom. The van der Waals surface area contributed by atoms with Gasteiger partial charge in [0.25, 0.3) is 0 Å².